The lowest BCUT2D eigenvalue weighted by Crippen LogP contribution is -2.47. The number of nitrogens with one attached hydrogen (secondary N) is 1. The van der Waals surface area contributed by atoms with E-state index >= 15 is 0 Å². The van der Waals surface area contributed by atoms with Gasteiger partial charge in [0, 0.05) is 16.2 Å². The molecule has 1 N–H and O–H groups in total. The summed E-state index contributed by atoms with van der Waals surface area (Å²) in [6.45, 7) is 2.00. The number of benzene rings is 2. The van der Waals surface area contributed by atoms with E-state index in [4.69, 9.17) is 0 Å². The number of aryl methyl sites for hydroxylation is 1. The third kappa shape index (κ3) is 5.48. The van der Waals surface area contributed by atoms with Crippen LogP contribution in [0.1, 0.15) is 49.3 Å². The molecule has 1 fully saturated rings. The van der Waals surface area contributed by atoms with Crippen molar-refractivity contribution in [2.45, 2.75) is 51.1 Å². The molecule has 3 rings (SSSR count). The molecule has 29 heavy (non-hydrogen) atoms. The van der Waals surface area contributed by atoms with Gasteiger partial charge in [-0.3, -0.25) is 14.5 Å². The Morgan fingerprint density at radius 3 is 2.34 bits per heavy atom. The molecule has 1 unspecified atom stereocenters. The van der Waals surface area contributed by atoms with Crippen molar-refractivity contribution in [3.63, 3.8) is 0 Å². The van der Waals surface area contributed by atoms with Gasteiger partial charge in [-0.15, -0.1) is 0 Å². The molecule has 0 saturated heterocycles. The number of rotatable bonds is 6. The topological polar surface area (TPSA) is 49.4 Å². The summed E-state index contributed by atoms with van der Waals surface area (Å²) in [7, 11) is 0. The van der Waals surface area contributed by atoms with Crippen LogP contribution in [0.15, 0.2) is 53.0 Å². The van der Waals surface area contributed by atoms with Crippen LogP contribution in [0.3, 0.4) is 0 Å². The molecular formula is C23H26Br2N2O2. The largest absolute Gasteiger partial charge is 0.351 e. The predicted octanol–water partition coefficient (Wildman–Crippen LogP) is 5.68. The summed E-state index contributed by atoms with van der Waals surface area (Å²) in [5.74, 6) is -0.299. The van der Waals surface area contributed by atoms with E-state index < -0.39 is 6.04 Å². The molecular weight excluding hydrogens is 496 g/mol. The van der Waals surface area contributed by atoms with Gasteiger partial charge in [0.05, 0.1) is 5.33 Å². The van der Waals surface area contributed by atoms with Gasteiger partial charge >= 0.3 is 0 Å². The second kappa shape index (κ2) is 10.4. The highest BCUT2D eigenvalue weighted by Gasteiger charge is 2.34. The van der Waals surface area contributed by atoms with E-state index in [9.17, 15) is 9.59 Å². The highest BCUT2D eigenvalue weighted by Crippen LogP contribution is 2.33. The number of carbonyl (C=O) groups excluding carboxylic acids is 2. The van der Waals surface area contributed by atoms with Crippen molar-refractivity contribution in [1.29, 1.82) is 0 Å². The monoisotopic (exact) mass is 520 g/mol. The lowest BCUT2D eigenvalue weighted by molar-refractivity contribution is -0.126. The first kappa shape index (κ1) is 22.0. The third-order valence-electron chi connectivity index (χ3n) is 5.35. The van der Waals surface area contributed by atoms with Crippen molar-refractivity contribution >= 4 is 49.4 Å². The van der Waals surface area contributed by atoms with Crippen molar-refractivity contribution in [3.05, 3.63) is 64.1 Å². The van der Waals surface area contributed by atoms with Gasteiger partial charge in [-0.25, -0.2) is 0 Å². The molecule has 2 amide bonds. The molecule has 6 heteroatoms. The zero-order valence-electron chi connectivity index (χ0n) is 16.5. The SMILES string of the molecule is Cc1ccc(N(C(=O)CBr)C(C(=O)NC2CCCCC2)c2ccccc2Br)cc1. The van der Waals surface area contributed by atoms with Crippen LogP contribution < -0.4 is 10.2 Å². The van der Waals surface area contributed by atoms with E-state index in [-0.39, 0.29) is 23.2 Å². The van der Waals surface area contributed by atoms with Gasteiger partial charge in [-0.2, -0.15) is 0 Å². The van der Waals surface area contributed by atoms with E-state index in [0.717, 1.165) is 41.3 Å². The first-order valence-electron chi connectivity index (χ1n) is 10.0. The zero-order chi connectivity index (χ0) is 20.8. The van der Waals surface area contributed by atoms with E-state index in [1.807, 2.05) is 55.5 Å². The third-order valence-corrected chi connectivity index (χ3v) is 6.55. The van der Waals surface area contributed by atoms with Gasteiger partial charge in [0.2, 0.25) is 11.8 Å². The maximum absolute atomic E-state index is 13.5. The molecule has 0 bridgehead atoms. The fourth-order valence-electron chi connectivity index (χ4n) is 3.83. The van der Waals surface area contributed by atoms with Crippen molar-refractivity contribution < 1.29 is 9.59 Å². The number of alkyl halides is 1. The number of anilines is 1. The van der Waals surface area contributed by atoms with E-state index in [1.165, 1.54) is 6.42 Å². The lowest BCUT2D eigenvalue weighted by atomic mass is 9.94. The van der Waals surface area contributed by atoms with Gasteiger partial charge < -0.3 is 5.32 Å². The standard InChI is InChI=1S/C23H26Br2N2O2/c1-16-11-13-18(14-12-16)27(21(28)15-24)22(19-9-5-6-10-20(19)25)23(29)26-17-7-3-2-4-8-17/h5-6,9-14,17,22H,2-4,7-8,15H2,1H3,(H,26,29). The first-order valence-corrected chi connectivity index (χ1v) is 11.9. The Morgan fingerprint density at radius 2 is 1.72 bits per heavy atom. The molecule has 0 radical (unpaired) electrons. The zero-order valence-corrected chi connectivity index (χ0v) is 19.7. The summed E-state index contributed by atoms with van der Waals surface area (Å²) in [5.41, 5.74) is 2.58. The minimum atomic E-state index is -0.750. The molecule has 0 aromatic heterocycles. The summed E-state index contributed by atoms with van der Waals surface area (Å²) in [6.07, 6.45) is 5.47. The average molecular weight is 522 g/mol. The number of nitrogens with zero attached hydrogens (tertiary/aromatic N) is 1. The van der Waals surface area contributed by atoms with Gasteiger partial charge in [0.15, 0.2) is 0 Å². The smallest absolute Gasteiger partial charge is 0.248 e. The van der Waals surface area contributed by atoms with Crippen LogP contribution in [0.25, 0.3) is 0 Å². The number of hydrogen-bond donors (Lipinski definition) is 1. The van der Waals surface area contributed by atoms with Crippen molar-refractivity contribution in [1.82, 2.24) is 5.32 Å². The number of carbonyl (C=O) groups is 2. The molecule has 4 nitrogen and oxygen atoms in total. The number of halogens is 2. The van der Waals surface area contributed by atoms with E-state index in [1.54, 1.807) is 4.90 Å². The predicted molar refractivity (Wildman–Crippen MR) is 124 cm³/mol. The molecule has 0 spiro atoms. The van der Waals surface area contributed by atoms with Gasteiger partial charge in [-0.05, 0) is 43.5 Å². The molecule has 2 aromatic carbocycles. The Labute approximate surface area is 189 Å². The number of amides is 2. The molecule has 0 heterocycles. The van der Waals surface area contributed by atoms with Crippen molar-refractivity contribution in [2.75, 3.05) is 10.2 Å². The second-order valence-electron chi connectivity index (χ2n) is 7.50. The molecule has 1 saturated carbocycles. The summed E-state index contributed by atoms with van der Waals surface area (Å²) < 4.78 is 0.809. The second-order valence-corrected chi connectivity index (χ2v) is 8.92. The van der Waals surface area contributed by atoms with E-state index in [0.29, 0.717) is 5.69 Å². The van der Waals surface area contributed by atoms with E-state index in [2.05, 4.69) is 37.2 Å². The van der Waals surface area contributed by atoms with Crippen LogP contribution in [0, 0.1) is 6.92 Å². The summed E-state index contributed by atoms with van der Waals surface area (Å²) in [4.78, 5) is 28.1. The van der Waals surface area contributed by atoms with Crippen LogP contribution in [0.2, 0.25) is 0 Å². The van der Waals surface area contributed by atoms with Gasteiger partial charge in [0.1, 0.15) is 6.04 Å². The highest BCUT2D eigenvalue weighted by atomic mass is 79.9. The van der Waals surface area contributed by atoms with Crippen LogP contribution >= 0.6 is 31.9 Å². The molecule has 154 valence electrons. The maximum atomic E-state index is 13.5. The fourth-order valence-corrected chi connectivity index (χ4v) is 4.60. The quantitative estimate of drug-likeness (QED) is 0.497. The lowest BCUT2D eigenvalue weighted by Gasteiger charge is -2.33. The summed E-state index contributed by atoms with van der Waals surface area (Å²) >= 11 is 6.88. The molecule has 1 aliphatic carbocycles. The Kier molecular flexibility index (Phi) is 7.90. The Balaban J connectivity index is 2.03. The normalized spacial score (nSPS) is 15.6. The Morgan fingerprint density at radius 1 is 1.07 bits per heavy atom. The highest BCUT2D eigenvalue weighted by molar-refractivity contribution is 9.10. The molecule has 2 aromatic rings. The Hall–Kier alpha value is -1.66. The van der Waals surface area contributed by atoms with Crippen LogP contribution in [0.5, 0.6) is 0 Å². The molecule has 1 atom stereocenters. The van der Waals surface area contributed by atoms with Crippen LogP contribution in [-0.2, 0) is 9.59 Å². The summed E-state index contributed by atoms with van der Waals surface area (Å²) in [5, 5.41) is 3.35. The molecule has 1 aliphatic rings. The van der Waals surface area contributed by atoms with Gasteiger partial charge in [-0.1, -0.05) is 87.0 Å². The summed E-state index contributed by atoms with van der Waals surface area (Å²) in [6, 6.07) is 14.7. The maximum Gasteiger partial charge on any atom is 0.248 e. The van der Waals surface area contributed by atoms with Crippen molar-refractivity contribution in [2.24, 2.45) is 0 Å². The van der Waals surface area contributed by atoms with Gasteiger partial charge in [0.25, 0.3) is 0 Å². The Bertz CT molecular complexity index is 848. The fraction of sp³-hybridized carbons (Fsp3) is 0.391. The average Bonchev–Trinajstić information content (AvgIpc) is 2.74. The van der Waals surface area contributed by atoms with Crippen LogP contribution in [-0.4, -0.2) is 23.2 Å². The van der Waals surface area contributed by atoms with Crippen molar-refractivity contribution in [3.8, 4) is 0 Å². The first-order chi connectivity index (χ1) is 14.0. The minimum absolute atomic E-state index is 0.137. The van der Waals surface area contributed by atoms with Crippen LogP contribution in [0.4, 0.5) is 5.69 Å². The number of hydrogen-bond acceptors (Lipinski definition) is 2. The minimum Gasteiger partial charge on any atom is -0.351 e. The molecule has 0 aliphatic heterocycles.